The average Bonchev–Trinajstić information content (AvgIpc) is 3.70. The fourth-order valence-electron chi connectivity index (χ4n) is 10.0. The molecule has 3 saturated heterocycles. The SMILES string of the molecule is CNc1cc(N2CCc3c(CN4CCC(N5CCC(OCC#Cc6cccc7c6n(C)c(=O)n7C6CCC(=O)NC6=O)CC5)C(F)(F)C4)cccc32)nn2c(C(=O)NC3CC3)cnc12. The second-order valence-electron chi connectivity index (χ2n) is 17.6. The monoisotopic (exact) mass is 875 g/mol. The number of nitrogens with one attached hydrogen (secondary N) is 3. The highest BCUT2D eigenvalue weighted by Crippen LogP contribution is 2.39. The number of para-hydroxylation sites is 1. The number of fused-ring (bicyclic) bond motifs is 3. The summed E-state index contributed by atoms with van der Waals surface area (Å²) in [5.74, 6) is 2.93. The van der Waals surface area contributed by atoms with E-state index in [0.717, 1.165) is 41.8 Å². The number of nitrogens with zero attached hydrogens (tertiary/aromatic N) is 8. The molecule has 2 aromatic carbocycles. The molecule has 5 aliphatic rings. The quantitative estimate of drug-likeness (QED) is 0.139. The lowest BCUT2D eigenvalue weighted by Crippen LogP contribution is -2.59. The number of aromatic nitrogens is 5. The van der Waals surface area contributed by atoms with Crippen LogP contribution in [0.5, 0.6) is 0 Å². The minimum atomic E-state index is -2.89. The van der Waals surface area contributed by atoms with Crippen LogP contribution < -0.4 is 26.5 Å². The Hall–Kier alpha value is -6.16. The number of hydrogen-bond acceptors (Lipinski definition) is 11. The van der Waals surface area contributed by atoms with E-state index in [0.29, 0.717) is 85.7 Å². The van der Waals surface area contributed by atoms with Crippen molar-refractivity contribution in [3.05, 3.63) is 81.5 Å². The maximum absolute atomic E-state index is 16.1. The van der Waals surface area contributed by atoms with E-state index in [9.17, 15) is 19.2 Å². The van der Waals surface area contributed by atoms with Gasteiger partial charge in [-0.1, -0.05) is 30.0 Å². The van der Waals surface area contributed by atoms with Crippen LogP contribution in [0.3, 0.4) is 0 Å². The van der Waals surface area contributed by atoms with E-state index in [2.05, 4.69) is 37.7 Å². The van der Waals surface area contributed by atoms with Crippen molar-refractivity contribution < 1.29 is 27.9 Å². The second kappa shape index (κ2) is 16.8. The smallest absolute Gasteiger partial charge is 0.329 e. The average molecular weight is 876 g/mol. The van der Waals surface area contributed by atoms with E-state index >= 15 is 8.78 Å². The standard InChI is InChI=1S/C46H51F2N11O5/c1-49-33-24-39(53-59-37(25-50-42(33)59)44(62)51-30-11-12-30)57-22-17-32-29(7-4-9-34(32)57)26-55-19-18-38(46(47,48)27-55)56-20-15-31(16-21-56)64-23-5-8-28-6-3-10-35-41(28)54(2)45(63)58(35)36-13-14-40(60)52-43(36)61/h3-4,6-7,9-10,24-25,30-31,36,38,49H,11-23,26-27H2,1-2H3,(H,51,62)(H,52,60,61). The zero-order valence-corrected chi connectivity index (χ0v) is 35.9. The third-order valence-electron chi connectivity index (χ3n) is 13.5. The van der Waals surface area contributed by atoms with Crippen LogP contribution in [-0.4, -0.2) is 122 Å². The van der Waals surface area contributed by atoms with Crippen molar-refractivity contribution >= 4 is 51.6 Å². The van der Waals surface area contributed by atoms with Gasteiger partial charge in [0.15, 0.2) is 17.2 Å². The fraction of sp³-hybridized carbons (Fsp3) is 0.478. The van der Waals surface area contributed by atoms with Crippen LogP contribution in [-0.2, 0) is 34.3 Å². The largest absolute Gasteiger partial charge is 0.385 e. The van der Waals surface area contributed by atoms with Crippen LogP contribution in [0.2, 0.25) is 0 Å². The van der Waals surface area contributed by atoms with Gasteiger partial charge >= 0.3 is 5.69 Å². The number of ether oxygens (including phenoxy) is 1. The zero-order valence-electron chi connectivity index (χ0n) is 35.9. The van der Waals surface area contributed by atoms with Crippen molar-refractivity contribution in [1.82, 2.24) is 44.2 Å². The van der Waals surface area contributed by atoms with E-state index in [1.165, 1.54) is 9.13 Å². The summed E-state index contributed by atoms with van der Waals surface area (Å²) in [6.45, 7) is 2.50. The third-order valence-corrected chi connectivity index (χ3v) is 13.5. The molecule has 64 heavy (non-hydrogen) atoms. The normalized spacial score (nSPS) is 21.8. The fourth-order valence-corrected chi connectivity index (χ4v) is 10.0. The van der Waals surface area contributed by atoms with Crippen LogP contribution in [0.1, 0.15) is 78.2 Å². The van der Waals surface area contributed by atoms with Crippen molar-refractivity contribution in [3.63, 3.8) is 0 Å². The highest BCUT2D eigenvalue weighted by Gasteiger charge is 2.48. The number of imidazole rings is 2. The topological polar surface area (TPSA) is 163 Å². The maximum Gasteiger partial charge on any atom is 0.329 e. The molecule has 18 heteroatoms. The molecule has 3 amide bonds. The molecule has 16 nitrogen and oxygen atoms in total. The van der Waals surface area contributed by atoms with Gasteiger partial charge in [-0.25, -0.2) is 23.1 Å². The highest BCUT2D eigenvalue weighted by molar-refractivity contribution is 6.00. The summed E-state index contributed by atoms with van der Waals surface area (Å²) in [7, 11) is 3.45. The first-order valence-corrected chi connectivity index (χ1v) is 22.2. The summed E-state index contributed by atoms with van der Waals surface area (Å²) in [4.78, 5) is 61.1. The van der Waals surface area contributed by atoms with E-state index in [-0.39, 0.29) is 55.6 Å². The lowest BCUT2D eigenvalue weighted by molar-refractivity contribution is -0.137. The van der Waals surface area contributed by atoms with Gasteiger partial charge in [0.1, 0.15) is 12.6 Å². The Balaban J connectivity index is 0.744. The third kappa shape index (κ3) is 7.79. The number of carbonyl (C=O) groups is 3. The zero-order chi connectivity index (χ0) is 44.3. The molecule has 1 aliphatic carbocycles. The van der Waals surface area contributed by atoms with E-state index in [1.54, 1.807) is 29.9 Å². The summed E-state index contributed by atoms with van der Waals surface area (Å²) in [5, 5.41) is 13.4. The molecule has 0 spiro atoms. The number of likely N-dealkylation sites (tertiary alicyclic amines) is 2. The van der Waals surface area contributed by atoms with Gasteiger partial charge in [0.25, 0.3) is 11.8 Å². The number of carbonyl (C=O) groups excluding carboxylic acids is 3. The van der Waals surface area contributed by atoms with Crippen molar-refractivity contribution in [2.45, 2.75) is 88.1 Å². The summed E-state index contributed by atoms with van der Waals surface area (Å²) in [6.07, 6.45) is 6.15. The Kier molecular flexibility index (Phi) is 11.0. The molecular formula is C46H51F2N11O5. The molecule has 4 aliphatic heterocycles. The Morgan fingerprint density at radius 1 is 1.00 bits per heavy atom. The van der Waals surface area contributed by atoms with Crippen molar-refractivity contribution in [2.75, 3.05) is 56.6 Å². The van der Waals surface area contributed by atoms with Gasteiger partial charge < -0.3 is 20.3 Å². The molecule has 0 bridgehead atoms. The lowest BCUT2D eigenvalue weighted by atomic mass is 9.95. The van der Waals surface area contributed by atoms with E-state index in [1.807, 2.05) is 47.2 Å². The molecule has 3 aromatic heterocycles. The van der Waals surface area contributed by atoms with Crippen LogP contribution in [0.15, 0.2) is 53.5 Å². The highest BCUT2D eigenvalue weighted by atomic mass is 19.3. The Morgan fingerprint density at radius 3 is 2.58 bits per heavy atom. The number of alkyl halides is 2. The molecule has 334 valence electrons. The molecule has 4 fully saturated rings. The number of amides is 3. The Bertz CT molecular complexity index is 2790. The lowest BCUT2D eigenvalue weighted by Gasteiger charge is -2.45. The molecule has 0 radical (unpaired) electrons. The number of rotatable bonds is 10. The van der Waals surface area contributed by atoms with E-state index < -0.39 is 23.9 Å². The number of benzene rings is 2. The predicted octanol–water partition coefficient (Wildman–Crippen LogP) is 3.73. The number of halogens is 2. The molecule has 1 saturated carbocycles. The number of piperidine rings is 3. The summed E-state index contributed by atoms with van der Waals surface area (Å²) < 4.78 is 42.7. The molecule has 2 atom stereocenters. The minimum absolute atomic E-state index is 0.108. The summed E-state index contributed by atoms with van der Waals surface area (Å²) in [5.41, 5.74) is 6.23. The van der Waals surface area contributed by atoms with Gasteiger partial charge in [-0.3, -0.25) is 38.6 Å². The van der Waals surface area contributed by atoms with Gasteiger partial charge in [-0.05, 0) is 74.3 Å². The Morgan fingerprint density at radius 2 is 1.81 bits per heavy atom. The number of aryl methyl sites for hydroxylation is 1. The van der Waals surface area contributed by atoms with Crippen molar-refractivity contribution in [3.8, 4) is 11.8 Å². The van der Waals surface area contributed by atoms with Crippen molar-refractivity contribution in [1.29, 1.82) is 0 Å². The van der Waals surface area contributed by atoms with Gasteiger partial charge in [-0.2, -0.15) is 0 Å². The Labute approximate surface area is 367 Å². The van der Waals surface area contributed by atoms with Gasteiger partial charge in [0.05, 0.1) is 47.2 Å². The summed E-state index contributed by atoms with van der Waals surface area (Å²) >= 11 is 0. The maximum atomic E-state index is 16.1. The number of hydrogen-bond donors (Lipinski definition) is 3. The first-order valence-electron chi connectivity index (χ1n) is 22.2. The molecule has 7 heterocycles. The van der Waals surface area contributed by atoms with Crippen LogP contribution in [0.4, 0.5) is 26.0 Å². The number of imide groups is 1. The molecule has 5 aromatic rings. The summed E-state index contributed by atoms with van der Waals surface area (Å²) in [6, 6.07) is 11.9. The van der Waals surface area contributed by atoms with E-state index in [4.69, 9.17) is 9.84 Å². The first kappa shape index (κ1) is 41.8. The van der Waals surface area contributed by atoms with Gasteiger partial charge in [0, 0.05) is 71.0 Å². The molecule has 10 rings (SSSR count). The van der Waals surface area contributed by atoms with Crippen LogP contribution in [0.25, 0.3) is 16.7 Å². The van der Waals surface area contributed by atoms with Crippen molar-refractivity contribution in [2.24, 2.45) is 7.05 Å². The van der Waals surface area contributed by atoms with Crippen LogP contribution >= 0.6 is 0 Å². The predicted molar refractivity (Wildman–Crippen MR) is 235 cm³/mol. The van der Waals surface area contributed by atoms with Gasteiger partial charge in [0.2, 0.25) is 11.8 Å². The molecular weight excluding hydrogens is 825 g/mol. The minimum Gasteiger partial charge on any atom is -0.385 e. The van der Waals surface area contributed by atoms with Gasteiger partial charge in [-0.15, -0.1) is 5.10 Å². The molecule has 2 unspecified atom stereocenters. The first-order chi connectivity index (χ1) is 31.0. The van der Waals surface area contributed by atoms with Crippen LogP contribution in [0, 0.1) is 11.8 Å². The second-order valence-corrected chi connectivity index (χ2v) is 17.6. The molecule has 3 N–H and O–H groups in total. The number of anilines is 3.